The van der Waals surface area contributed by atoms with Gasteiger partial charge in [-0.3, -0.25) is 9.69 Å². The first-order valence-corrected chi connectivity index (χ1v) is 9.35. The van der Waals surface area contributed by atoms with Crippen LogP contribution in [0.15, 0.2) is 36.4 Å². The zero-order valence-electron chi connectivity index (χ0n) is 16.3. The first-order valence-electron chi connectivity index (χ1n) is 9.35. The highest BCUT2D eigenvalue weighted by atomic mass is 16.2. The summed E-state index contributed by atoms with van der Waals surface area (Å²) in [5, 5.41) is 3.09. The molecule has 26 heavy (non-hydrogen) atoms. The van der Waals surface area contributed by atoms with E-state index in [0.717, 1.165) is 43.0 Å². The van der Waals surface area contributed by atoms with E-state index in [9.17, 15) is 4.79 Å². The molecule has 1 aliphatic heterocycles. The van der Waals surface area contributed by atoms with Gasteiger partial charge in [-0.1, -0.05) is 30.3 Å². The molecule has 0 saturated carbocycles. The molecule has 1 heterocycles. The zero-order chi connectivity index (χ0) is 18.7. The summed E-state index contributed by atoms with van der Waals surface area (Å²) in [4.78, 5) is 17.1. The second-order valence-electron chi connectivity index (χ2n) is 7.30. The number of aryl methyl sites for hydroxylation is 3. The minimum atomic E-state index is 0.0718. The molecule has 0 aromatic heterocycles. The molecule has 0 aliphatic carbocycles. The smallest absolute Gasteiger partial charge is 0.238 e. The lowest BCUT2D eigenvalue weighted by atomic mass is 10.1. The van der Waals surface area contributed by atoms with Crippen molar-refractivity contribution in [3.8, 4) is 0 Å². The van der Waals surface area contributed by atoms with Gasteiger partial charge in [0.1, 0.15) is 0 Å². The van der Waals surface area contributed by atoms with Crippen molar-refractivity contribution in [3.05, 3.63) is 58.7 Å². The zero-order valence-corrected chi connectivity index (χ0v) is 16.3. The molecule has 1 saturated heterocycles. The summed E-state index contributed by atoms with van der Waals surface area (Å²) in [5.74, 6) is 0.0718. The number of benzene rings is 2. The molecule has 0 spiro atoms. The maximum Gasteiger partial charge on any atom is 0.238 e. The number of carbonyl (C=O) groups excluding carboxylic acids is 1. The number of hydrogen-bond acceptors (Lipinski definition) is 3. The first-order chi connectivity index (χ1) is 12.5. The standard InChI is InChI=1S/C22H29N3O/c1-16-7-6-10-20(19(16)4)25-13-11-24(12-14-25)15-21(26)23-22-17(2)8-5-9-18(22)3/h5-10H,11-15H2,1-4H3,(H,23,26). The maximum absolute atomic E-state index is 12.5. The van der Waals surface area contributed by atoms with E-state index >= 15 is 0 Å². The lowest BCUT2D eigenvalue weighted by Crippen LogP contribution is -2.49. The maximum atomic E-state index is 12.5. The van der Waals surface area contributed by atoms with Crippen LogP contribution in [-0.2, 0) is 4.79 Å². The lowest BCUT2D eigenvalue weighted by molar-refractivity contribution is -0.117. The van der Waals surface area contributed by atoms with Gasteiger partial charge in [-0.15, -0.1) is 0 Å². The molecule has 1 amide bonds. The molecule has 1 fully saturated rings. The van der Waals surface area contributed by atoms with Crippen LogP contribution in [0.25, 0.3) is 0 Å². The van der Waals surface area contributed by atoms with Crippen molar-refractivity contribution in [2.45, 2.75) is 27.7 Å². The van der Waals surface area contributed by atoms with Crippen LogP contribution in [0.4, 0.5) is 11.4 Å². The Morgan fingerprint density at radius 1 is 0.885 bits per heavy atom. The fourth-order valence-electron chi connectivity index (χ4n) is 3.62. The number of hydrogen-bond donors (Lipinski definition) is 1. The molecule has 0 unspecified atom stereocenters. The Balaban J connectivity index is 1.55. The number of nitrogens with one attached hydrogen (secondary N) is 1. The van der Waals surface area contributed by atoms with E-state index < -0.39 is 0 Å². The second-order valence-corrected chi connectivity index (χ2v) is 7.30. The third kappa shape index (κ3) is 4.07. The Kier molecular flexibility index (Phi) is 5.62. The highest BCUT2D eigenvalue weighted by molar-refractivity contribution is 5.93. The molecule has 4 nitrogen and oxygen atoms in total. The van der Waals surface area contributed by atoms with Gasteiger partial charge in [0.2, 0.25) is 5.91 Å². The summed E-state index contributed by atoms with van der Waals surface area (Å²) < 4.78 is 0. The molecule has 0 bridgehead atoms. The van der Waals surface area contributed by atoms with Crippen molar-refractivity contribution in [2.24, 2.45) is 0 Å². The molecular formula is C22H29N3O. The van der Waals surface area contributed by atoms with Crippen LogP contribution in [0.2, 0.25) is 0 Å². The Morgan fingerprint density at radius 2 is 1.46 bits per heavy atom. The molecule has 0 radical (unpaired) electrons. The van der Waals surface area contributed by atoms with Crippen molar-refractivity contribution in [2.75, 3.05) is 42.9 Å². The van der Waals surface area contributed by atoms with E-state index in [1.165, 1.54) is 16.8 Å². The van der Waals surface area contributed by atoms with Gasteiger partial charge in [0.25, 0.3) is 0 Å². The summed E-state index contributed by atoms with van der Waals surface area (Å²) >= 11 is 0. The molecular weight excluding hydrogens is 322 g/mol. The van der Waals surface area contributed by atoms with Crippen molar-refractivity contribution >= 4 is 17.3 Å². The van der Waals surface area contributed by atoms with Crippen molar-refractivity contribution < 1.29 is 4.79 Å². The first kappa shape index (κ1) is 18.5. The van der Waals surface area contributed by atoms with E-state index in [-0.39, 0.29) is 5.91 Å². The Morgan fingerprint density at radius 3 is 2.12 bits per heavy atom. The van der Waals surface area contributed by atoms with Crippen LogP contribution in [-0.4, -0.2) is 43.5 Å². The number of anilines is 2. The molecule has 0 atom stereocenters. The van der Waals surface area contributed by atoms with Gasteiger partial charge < -0.3 is 10.2 Å². The molecule has 138 valence electrons. The van der Waals surface area contributed by atoms with Crippen LogP contribution < -0.4 is 10.2 Å². The van der Waals surface area contributed by atoms with E-state index in [4.69, 9.17) is 0 Å². The van der Waals surface area contributed by atoms with Gasteiger partial charge in [0.05, 0.1) is 6.54 Å². The topological polar surface area (TPSA) is 35.6 Å². The number of amides is 1. The minimum Gasteiger partial charge on any atom is -0.369 e. The summed E-state index contributed by atoms with van der Waals surface area (Å²) in [6.07, 6.45) is 0. The van der Waals surface area contributed by atoms with Crippen LogP contribution >= 0.6 is 0 Å². The molecule has 2 aromatic carbocycles. The number of piperazine rings is 1. The summed E-state index contributed by atoms with van der Waals surface area (Å²) in [6, 6.07) is 12.6. The largest absolute Gasteiger partial charge is 0.369 e. The van der Waals surface area contributed by atoms with E-state index in [2.05, 4.69) is 47.2 Å². The average molecular weight is 351 g/mol. The molecule has 2 aromatic rings. The summed E-state index contributed by atoms with van der Waals surface area (Å²) in [7, 11) is 0. The van der Waals surface area contributed by atoms with Crippen molar-refractivity contribution in [1.82, 2.24) is 4.90 Å². The predicted molar refractivity (Wildman–Crippen MR) is 109 cm³/mol. The van der Waals surface area contributed by atoms with Gasteiger partial charge in [-0.05, 0) is 56.0 Å². The predicted octanol–water partition coefficient (Wildman–Crippen LogP) is 3.68. The van der Waals surface area contributed by atoms with E-state index in [0.29, 0.717) is 6.54 Å². The minimum absolute atomic E-state index is 0.0718. The van der Waals surface area contributed by atoms with E-state index in [1.807, 2.05) is 32.0 Å². The average Bonchev–Trinajstić information content (AvgIpc) is 2.61. The Hall–Kier alpha value is -2.33. The van der Waals surface area contributed by atoms with Crippen LogP contribution in [0, 0.1) is 27.7 Å². The molecule has 3 rings (SSSR count). The van der Waals surface area contributed by atoms with Crippen LogP contribution in [0.1, 0.15) is 22.3 Å². The van der Waals surface area contributed by atoms with Gasteiger partial charge in [-0.25, -0.2) is 0 Å². The van der Waals surface area contributed by atoms with Gasteiger partial charge >= 0.3 is 0 Å². The van der Waals surface area contributed by atoms with Crippen molar-refractivity contribution in [3.63, 3.8) is 0 Å². The monoisotopic (exact) mass is 351 g/mol. The van der Waals surface area contributed by atoms with Crippen LogP contribution in [0.3, 0.4) is 0 Å². The Bertz CT molecular complexity index is 772. The molecule has 1 N–H and O–H groups in total. The van der Waals surface area contributed by atoms with Gasteiger partial charge in [0.15, 0.2) is 0 Å². The van der Waals surface area contributed by atoms with Crippen LogP contribution in [0.5, 0.6) is 0 Å². The molecule has 1 aliphatic rings. The summed E-state index contributed by atoms with van der Waals surface area (Å²) in [5.41, 5.74) is 7.18. The third-order valence-corrected chi connectivity index (χ3v) is 5.40. The van der Waals surface area contributed by atoms with Gasteiger partial charge in [0, 0.05) is 37.6 Å². The number of nitrogens with zero attached hydrogens (tertiary/aromatic N) is 2. The number of para-hydroxylation sites is 1. The fourth-order valence-corrected chi connectivity index (χ4v) is 3.62. The number of rotatable bonds is 4. The van der Waals surface area contributed by atoms with Crippen molar-refractivity contribution in [1.29, 1.82) is 0 Å². The SMILES string of the molecule is Cc1cccc(N2CCN(CC(=O)Nc3c(C)cccc3C)CC2)c1C. The quantitative estimate of drug-likeness (QED) is 0.913. The fraction of sp³-hybridized carbons (Fsp3) is 0.409. The normalized spacial score (nSPS) is 15.2. The third-order valence-electron chi connectivity index (χ3n) is 5.40. The highest BCUT2D eigenvalue weighted by Crippen LogP contribution is 2.24. The van der Waals surface area contributed by atoms with E-state index in [1.54, 1.807) is 0 Å². The van der Waals surface area contributed by atoms with Gasteiger partial charge in [-0.2, -0.15) is 0 Å². The Labute approximate surface area is 156 Å². The summed E-state index contributed by atoms with van der Waals surface area (Å²) in [6.45, 7) is 12.6. The lowest BCUT2D eigenvalue weighted by Gasteiger charge is -2.36. The molecule has 4 heteroatoms. The highest BCUT2D eigenvalue weighted by Gasteiger charge is 2.20. The number of carbonyl (C=O) groups is 1. The second kappa shape index (κ2) is 7.92.